The summed E-state index contributed by atoms with van der Waals surface area (Å²) in [6.07, 6.45) is 0. The van der Waals surface area contributed by atoms with E-state index < -0.39 is 0 Å². The molecule has 0 spiro atoms. The summed E-state index contributed by atoms with van der Waals surface area (Å²) in [5, 5.41) is 10.9. The second-order valence-corrected chi connectivity index (χ2v) is 3.39. The Morgan fingerprint density at radius 3 is 2.13 bits per heavy atom. The molecule has 0 saturated carbocycles. The van der Waals surface area contributed by atoms with E-state index in [0.717, 1.165) is 0 Å². The van der Waals surface area contributed by atoms with Crippen molar-refractivity contribution < 1.29 is 5.11 Å². The normalized spacial score (nSPS) is 10.7. The largest absolute Gasteiger partial charge is 0.505 e. The lowest BCUT2D eigenvalue weighted by Crippen LogP contribution is -2.01. The highest BCUT2D eigenvalue weighted by Gasteiger charge is 2.12. The van der Waals surface area contributed by atoms with Crippen molar-refractivity contribution >= 4 is 33.5 Å². The predicted molar refractivity (Wildman–Crippen MR) is 63.3 cm³/mol. The molecule has 0 aromatic heterocycles. The van der Waals surface area contributed by atoms with Crippen molar-refractivity contribution in [3.63, 3.8) is 0 Å². The van der Waals surface area contributed by atoms with Crippen molar-refractivity contribution in [3.8, 4) is 5.75 Å². The van der Waals surface area contributed by atoms with Crippen LogP contribution in [0, 0.1) is 0 Å². The minimum atomic E-state index is -0.0586. The highest BCUT2D eigenvalue weighted by Crippen LogP contribution is 2.41. The van der Waals surface area contributed by atoms with Crippen LogP contribution in [0.15, 0.2) is 18.2 Å². The monoisotopic (exact) mass is 204 g/mol. The fraction of sp³-hybridized carbons (Fsp3) is 0. The smallest absolute Gasteiger partial charge is 0.148 e. The van der Waals surface area contributed by atoms with E-state index in [1.165, 1.54) is 0 Å². The molecule has 0 aliphatic rings. The van der Waals surface area contributed by atoms with Gasteiger partial charge in [-0.15, -0.1) is 0 Å². The number of benzene rings is 2. The first-order valence-electron chi connectivity index (χ1n) is 4.37. The molecule has 0 amide bonds. The van der Waals surface area contributed by atoms with Gasteiger partial charge in [-0.25, -0.2) is 0 Å². The maximum Gasteiger partial charge on any atom is 0.148 e. The van der Waals surface area contributed by atoms with E-state index >= 15 is 0 Å². The Morgan fingerprint density at radius 1 is 0.800 bits per heavy atom. The highest BCUT2D eigenvalue weighted by molar-refractivity contribution is 6.08. The van der Waals surface area contributed by atoms with Crippen LogP contribution in [-0.4, -0.2) is 5.11 Å². The van der Waals surface area contributed by atoms with Crippen LogP contribution in [0.1, 0.15) is 0 Å². The van der Waals surface area contributed by atoms with E-state index in [-0.39, 0.29) is 17.1 Å². The molecule has 0 aliphatic heterocycles. The first-order chi connectivity index (χ1) is 7.02. The average Bonchev–Trinajstić information content (AvgIpc) is 2.23. The van der Waals surface area contributed by atoms with Crippen molar-refractivity contribution in [3.05, 3.63) is 18.2 Å². The zero-order valence-corrected chi connectivity index (χ0v) is 7.99. The lowest BCUT2D eigenvalue weighted by atomic mass is 10.0. The van der Waals surface area contributed by atoms with Gasteiger partial charge in [0.1, 0.15) is 11.4 Å². The van der Waals surface area contributed by atoms with E-state index in [2.05, 4.69) is 0 Å². The van der Waals surface area contributed by atoms with Gasteiger partial charge in [0, 0.05) is 16.5 Å². The van der Waals surface area contributed by atoms with Crippen molar-refractivity contribution in [1.82, 2.24) is 0 Å². The molecule has 2 aromatic carbocycles. The molecule has 2 aromatic rings. The predicted octanol–water partition coefficient (Wildman–Crippen LogP) is 0.874. The lowest BCUT2D eigenvalue weighted by Gasteiger charge is -2.11. The van der Waals surface area contributed by atoms with Crippen molar-refractivity contribution in [2.75, 3.05) is 22.9 Å². The zero-order chi connectivity index (χ0) is 11.2. The molecule has 0 fully saturated rings. The second kappa shape index (κ2) is 2.84. The van der Waals surface area contributed by atoms with Crippen LogP contribution in [0.5, 0.6) is 5.75 Å². The Hall–Kier alpha value is -2.30. The average molecular weight is 204 g/mol. The number of fused-ring (bicyclic) bond motifs is 1. The minimum Gasteiger partial charge on any atom is -0.505 e. The van der Waals surface area contributed by atoms with E-state index in [0.29, 0.717) is 22.1 Å². The van der Waals surface area contributed by atoms with Crippen LogP contribution in [0.3, 0.4) is 0 Å². The molecular weight excluding hydrogens is 192 g/mol. The second-order valence-electron chi connectivity index (χ2n) is 3.39. The van der Waals surface area contributed by atoms with Crippen LogP contribution in [0.2, 0.25) is 0 Å². The summed E-state index contributed by atoms with van der Waals surface area (Å²) in [6.45, 7) is 0. The summed E-state index contributed by atoms with van der Waals surface area (Å²) in [6, 6.07) is 4.98. The first kappa shape index (κ1) is 9.26. The maximum absolute atomic E-state index is 9.75. The third-order valence-corrected chi connectivity index (χ3v) is 2.42. The van der Waals surface area contributed by atoms with Crippen LogP contribution in [-0.2, 0) is 0 Å². The van der Waals surface area contributed by atoms with Gasteiger partial charge in [-0.3, -0.25) is 0 Å². The van der Waals surface area contributed by atoms with Gasteiger partial charge in [0.25, 0.3) is 0 Å². The standard InChI is InChI=1S/C10H12N4O/c11-4-1-2-5-6(3-4)7(12)8(13)9(14)10(5)15/h1-3,15H,11-14H2. The minimum absolute atomic E-state index is 0.0586. The van der Waals surface area contributed by atoms with Gasteiger partial charge in [0.2, 0.25) is 0 Å². The van der Waals surface area contributed by atoms with Crippen LogP contribution < -0.4 is 22.9 Å². The van der Waals surface area contributed by atoms with Gasteiger partial charge in [-0.1, -0.05) is 0 Å². The quantitative estimate of drug-likeness (QED) is 0.247. The van der Waals surface area contributed by atoms with E-state index in [1.807, 2.05) is 0 Å². The number of nitrogens with two attached hydrogens (primary N) is 4. The molecule has 0 bridgehead atoms. The van der Waals surface area contributed by atoms with Crippen LogP contribution >= 0.6 is 0 Å². The molecule has 9 N–H and O–H groups in total. The van der Waals surface area contributed by atoms with Gasteiger partial charge in [0.15, 0.2) is 0 Å². The van der Waals surface area contributed by atoms with Gasteiger partial charge in [-0.05, 0) is 18.2 Å². The molecule has 5 heteroatoms. The fourth-order valence-electron chi connectivity index (χ4n) is 1.55. The Labute approximate surface area is 86.3 Å². The summed E-state index contributed by atoms with van der Waals surface area (Å²) in [7, 11) is 0. The third-order valence-electron chi connectivity index (χ3n) is 2.42. The molecule has 0 saturated heterocycles. The van der Waals surface area contributed by atoms with Gasteiger partial charge >= 0.3 is 0 Å². The summed E-state index contributed by atoms with van der Waals surface area (Å²) in [4.78, 5) is 0. The number of aromatic hydroxyl groups is 1. The molecule has 0 heterocycles. The molecule has 0 unspecified atom stereocenters. The fourth-order valence-corrected chi connectivity index (χ4v) is 1.55. The molecule has 15 heavy (non-hydrogen) atoms. The number of hydrogen-bond donors (Lipinski definition) is 5. The lowest BCUT2D eigenvalue weighted by molar-refractivity contribution is 0.484. The Bertz CT molecular complexity index is 551. The summed E-state index contributed by atoms with van der Waals surface area (Å²) < 4.78 is 0. The SMILES string of the molecule is Nc1ccc2c(O)c(N)c(N)c(N)c2c1. The number of phenolic OH excluding ortho intramolecular Hbond substituents is 1. The summed E-state index contributed by atoms with van der Waals surface area (Å²) >= 11 is 0. The van der Waals surface area contributed by atoms with Crippen molar-refractivity contribution in [1.29, 1.82) is 0 Å². The van der Waals surface area contributed by atoms with Crippen molar-refractivity contribution in [2.24, 2.45) is 0 Å². The van der Waals surface area contributed by atoms with Gasteiger partial charge in [0.05, 0.1) is 11.4 Å². The number of hydrogen-bond acceptors (Lipinski definition) is 5. The zero-order valence-electron chi connectivity index (χ0n) is 7.99. The van der Waals surface area contributed by atoms with Crippen LogP contribution in [0.25, 0.3) is 10.8 Å². The molecule has 0 atom stereocenters. The number of anilines is 4. The number of rotatable bonds is 0. The summed E-state index contributed by atoms with van der Waals surface area (Å²) in [5.74, 6) is -0.0586. The Balaban J connectivity index is 3.00. The number of nitrogen functional groups attached to an aromatic ring is 4. The van der Waals surface area contributed by atoms with Gasteiger partial charge < -0.3 is 28.0 Å². The van der Waals surface area contributed by atoms with E-state index in [9.17, 15) is 5.11 Å². The van der Waals surface area contributed by atoms with Crippen molar-refractivity contribution in [2.45, 2.75) is 0 Å². The Morgan fingerprint density at radius 2 is 1.47 bits per heavy atom. The third kappa shape index (κ3) is 1.17. The summed E-state index contributed by atoms with van der Waals surface area (Å²) in [5.41, 5.74) is 23.8. The molecule has 0 radical (unpaired) electrons. The molecule has 0 aliphatic carbocycles. The topological polar surface area (TPSA) is 124 Å². The Kier molecular flexibility index (Phi) is 1.76. The van der Waals surface area contributed by atoms with E-state index in [1.54, 1.807) is 18.2 Å². The number of phenols is 1. The molecule has 2 rings (SSSR count). The maximum atomic E-state index is 9.75. The molecule has 5 nitrogen and oxygen atoms in total. The highest BCUT2D eigenvalue weighted by atomic mass is 16.3. The molecule has 78 valence electrons. The molecular formula is C10H12N4O. The van der Waals surface area contributed by atoms with E-state index in [4.69, 9.17) is 22.9 Å². The van der Waals surface area contributed by atoms with Crippen LogP contribution in [0.4, 0.5) is 22.7 Å². The first-order valence-corrected chi connectivity index (χ1v) is 4.37. The van der Waals surface area contributed by atoms with Gasteiger partial charge in [-0.2, -0.15) is 0 Å².